The van der Waals surface area contributed by atoms with Gasteiger partial charge in [0.25, 0.3) is 0 Å². The monoisotopic (exact) mass is 426 g/mol. The Kier molecular flexibility index (Phi) is 9.63. The van der Waals surface area contributed by atoms with E-state index >= 15 is 0 Å². The number of hydrogen-bond donors (Lipinski definition) is 2. The van der Waals surface area contributed by atoms with Gasteiger partial charge in [0.05, 0.1) is 39.6 Å². The van der Waals surface area contributed by atoms with Crippen molar-refractivity contribution in [2.24, 2.45) is 4.99 Å². The molecular weight excluding hydrogens is 392 g/mol. The molecule has 1 heterocycles. The van der Waals surface area contributed by atoms with Gasteiger partial charge in [0.1, 0.15) is 5.75 Å². The lowest BCUT2D eigenvalue weighted by molar-refractivity contribution is 0.0170. The van der Waals surface area contributed by atoms with Gasteiger partial charge in [0.15, 0.2) is 5.96 Å². The van der Waals surface area contributed by atoms with Crippen LogP contribution in [0, 0.1) is 0 Å². The predicted molar refractivity (Wildman–Crippen MR) is 124 cm³/mol. The van der Waals surface area contributed by atoms with Crippen LogP contribution in [0.2, 0.25) is 0 Å². The van der Waals surface area contributed by atoms with Gasteiger partial charge in [-0.05, 0) is 23.3 Å². The summed E-state index contributed by atoms with van der Waals surface area (Å²) in [6.07, 6.45) is 0. The first-order chi connectivity index (χ1) is 15.3. The van der Waals surface area contributed by atoms with Crippen LogP contribution < -0.4 is 15.4 Å². The zero-order valence-electron chi connectivity index (χ0n) is 18.5. The second-order valence-corrected chi connectivity index (χ2v) is 7.36. The molecule has 7 nitrogen and oxygen atoms in total. The van der Waals surface area contributed by atoms with Crippen LogP contribution in [-0.2, 0) is 16.1 Å². The number of methoxy groups -OCH3 is 1. The van der Waals surface area contributed by atoms with E-state index in [-0.39, 0.29) is 6.04 Å². The molecule has 0 radical (unpaired) electrons. The highest BCUT2D eigenvalue weighted by atomic mass is 16.5. The van der Waals surface area contributed by atoms with Gasteiger partial charge in [-0.3, -0.25) is 9.89 Å². The molecular formula is C24H34N4O3. The standard InChI is InChI=1S/C24H34N4O3/c1-25-24(26-12-15-31-19-20-6-4-3-5-7-20)27-18-23(28-13-16-30-17-14-28)21-8-10-22(29-2)11-9-21/h3-11,23H,12-19H2,1-2H3,(H2,25,26,27). The van der Waals surface area contributed by atoms with E-state index in [2.05, 4.69) is 44.8 Å². The Morgan fingerprint density at radius 3 is 2.48 bits per heavy atom. The molecule has 1 aliphatic rings. The normalized spacial score (nSPS) is 16.0. The van der Waals surface area contributed by atoms with E-state index in [0.717, 1.165) is 44.6 Å². The maximum atomic E-state index is 5.75. The Morgan fingerprint density at radius 2 is 1.81 bits per heavy atom. The number of aliphatic imine (C=N–C) groups is 1. The molecule has 168 valence electrons. The highest BCUT2D eigenvalue weighted by molar-refractivity contribution is 5.79. The van der Waals surface area contributed by atoms with Crippen molar-refractivity contribution in [3.05, 3.63) is 65.7 Å². The number of hydrogen-bond acceptors (Lipinski definition) is 5. The number of benzene rings is 2. The SMILES string of the molecule is CN=C(NCCOCc1ccccc1)NCC(c1ccc(OC)cc1)N1CCOCC1. The summed E-state index contributed by atoms with van der Waals surface area (Å²) >= 11 is 0. The molecule has 1 fully saturated rings. The maximum absolute atomic E-state index is 5.75. The number of rotatable bonds is 10. The van der Waals surface area contributed by atoms with Gasteiger partial charge < -0.3 is 24.8 Å². The average molecular weight is 427 g/mol. The summed E-state index contributed by atoms with van der Waals surface area (Å²) in [6.45, 7) is 6.02. The Hall–Kier alpha value is -2.61. The lowest BCUT2D eigenvalue weighted by atomic mass is 10.0. The molecule has 0 saturated carbocycles. The quantitative estimate of drug-likeness (QED) is 0.346. The molecule has 0 aliphatic carbocycles. The van der Waals surface area contributed by atoms with Crippen LogP contribution >= 0.6 is 0 Å². The van der Waals surface area contributed by atoms with E-state index in [1.807, 2.05) is 30.3 Å². The second-order valence-electron chi connectivity index (χ2n) is 7.36. The molecule has 1 unspecified atom stereocenters. The summed E-state index contributed by atoms with van der Waals surface area (Å²) < 4.78 is 16.6. The van der Waals surface area contributed by atoms with E-state index < -0.39 is 0 Å². The van der Waals surface area contributed by atoms with Crippen LogP contribution in [0.15, 0.2) is 59.6 Å². The Labute approximate surface area is 185 Å². The predicted octanol–water partition coefficient (Wildman–Crippen LogP) is 2.45. The molecule has 0 aromatic heterocycles. The molecule has 0 amide bonds. The first kappa shape index (κ1) is 23.1. The molecule has 0 bridgehead atoms. The molecule has 0 spiro atoms. The number of guanidine groups is 1. The molecule has 1 saturated heterocycles. The first-order valence-corrected chi connectivity index (χ1v) is 10.8. The number of morpholine rings is 1. The summed E-state index contributed by atoms with van der Waals surface area (Å²) in [5.74, 6) is 1.64. The largest absolute Gasteiger partial charge is 0.497 e. The Balaban J connectivity index is 1.48. The van der Waals surface area contributed by atoms with Crippen molar-refractivity contribution in [1.29, 1.82) is 0 Å². The number of nitrogens with zero attached hydrogens (tertiary/aromatic N) is 2. The summed E-state index contributed by atoms with van der Waals surface area (Å²) in [5.41, 5.74) is 2.43. The smallest absolute Gasteiger partial charge is 0.191 e. The van der Waals surface area contributed by atoms with Crippen molar-refractivity contribution >= 4 is 5.96 Å². The van der Waals surface area contributed by atoms with Gasteiger partial charge in [-0.15, -0.1) is 0 Å². The van der Waals surface area contributed by atoms with E-state index in [0.29, 0.717) is 19.8 Å². The van der Waals surface area contributed by atoms with Crippen LogP contribution in [-0.4, -0.2) is 71.0 Å². The van der Waals surface area contributed by atoms with E-state index in [4.69, 9.17) is 14.2 Å². The molecule has 3 rings (SSSR count). The maximum Gasteiger partial charge on any atom is 0.191 e. The lowest BCUT2D eigenvalue weighted by Gasteiger charge is -2.35. The first-order valence-electron chi connectivity index (χ1n) is 10.8. The fraction of sp³-hybridized carbons (Fsp3) is 0.458. The van der Waals surface area contributed by atoms with Crippen LogP contribution in [0.3, 0.4) is 0 Å². The lowest BCUT2D eigenvalue weighted by Crippen LogP contribution is -2.46. The van der Waals surface area contributed by atoms with E-state index in [1.165, 1.54) is 11.1 Å². The average Bonchev–Trinajstić information content (AvgIpc) is 2.84. The van der Waals surface area contributed by atoms with Crippen LogP contribution in [0.4, 0.5) is 0 Å². The second kappa shape index (κ2) is 12.9. The van der Waals surface area contributed by atoms with Gasteiger partial charge in [0, 0.05) is 33.2 Å². The minimum absolute atomic E-state index is 0.225. The molecule has 31 heavy (non-hydrogen) atoms. The molecule has 1 atom stereocenters. The fourth-order valence-electron chi connectivity index (χ4n) is 3.59. The number of ether oxygens (including phenoxy) is 3. The van der Waals surface area contributed by atoms with Crippen LogP contribution in [0.25, 0.3) is 0 Å². The Morgan fingerprint density at radius 1 is 1.06 bits per heavy atom. The van der Waals surface area contributed by atoms with Gasteiger partial charge >= 0.3 is 0 Å². The van der Waals surface area contributed by atoms with Gasteiger partial charge in [-0.2, -0.15) is 0 Å². The van der Waals surface area contributed by atoms with Crippen LogP contribution in [0.1, 0.15) is 17.2 Å². The van der Waals surface area contributed by atoms with E-state index in [9.17, 15) is 0 Å². The van der Waals surface area contributed by atoms with Crippen molar-refractivity contribution in [3.63, 3.8) is 0 Å². The zero-order valence-corrected chi connectivity index (χ0v) is 18.5. The summed E-state index contributed by atoms with van der Waals surface area (Å²) in [7, 11) is 3.48. The highest BCUT2D eigenvalue weighted by Gasteiger charge is 2.23. The third kappa shape index (κ3) is 7.54. The molecule has 2 N–H and O–H groups in total. The number of nitrogens with one attached hydrogen (secondary N) is 2. The summed E-state index contributed by atoms with van der Waals surface area (Å²) in [4.78, 5) is 6.81. The zero-order chi connectivity index (χ0) is 21.7. The molecule has 7 heteroatoms. The molecule has 2 aromatic carbocycles. The molecule has 1 aliphatic heterocycles. The summed E-state index contributed by atoms with van der Waals surface area (Å²) in [6, 6.07) is 18.7. The highest BCUT2D eigenvalue weighted by Crippen LogP contribution is 2.23. The van der Waals surface area contributed by atoms with Crippen molar-refractivity contribution in [2.75, 3.05) is 60.2 Å². The van der Waals surface area contributed by atoms with Gasteiger partial charge in [0.2, 0.25) is 0 Å². The van der Waals surface area contributed by atoms with Gasteiger partial charge in [-0.25, -0.2) is 0 Å². The van der Waals surface area contributed by atoms with Crippen molar-refractivity contribution in [2.45, 2.75) is 12.6 Å². The van der Waals surface area contributed by atoms with Crippen molar-refractivity contribution in [1.82, 2.24) is 15.5 Å². The van der Waals surface area contributed by atoms with Gasteiger partial charge in [-0.1, -0.05) is 42.5 Å². The minimum Gasteiger partial charge on any atom is -0.497 e. The van der Waals surface area contributed by atoms with E-state index in [1.54, 1.807) is 14.2 Å². The van der Waals surface area contributed by atoms with Crippen molar-refractivity contribution in [3.8, 4) is 5.75 Å². The summed E-state index contributed by atoms with van der Waals surface area (Å²) in [5, 5.41) is 6.81. The third-order valence-electron chi connectivity index (χ3n) is 5.32. The Bertz CT molecular complexity index is 777. The third-order valence-corrected chi connectivity index (χ3v) is 5.32. The molecule has 2 aromatic rings. The van der Waals surface area contributed by atoms with Crippen LogP contribution in [0.5, 0.6) is 5.75 Å². The minimum atomic E-state index is 0.225. The van der Waals surface area contributed by atoms with Crippen molar-refractivity contribution < 1.29 is 14.2 Å². The fourth-order valence-corrected chi connectivity index (χ4v) is 3.59. The topological polar surface area (TPSA) is 67.4 Å².